The molecule has 1 rings (SSSR count). The number of aliphatic hydroxyl groups excluding tert-OH is 1. The molecule has 2 N–H and O–H groups in total. The Morgan fingerprint density at radius 1 is 1.53 bits per heavy atom. The Morgan fingerprint density at radius 2 is 2.20 bits per heavy atom. The third kappa shape index (κ3) is 3.70. The molecule has 7 heteroatoms. The Balaban J connectivity index is 2.51. The van der Waals surface area contributed by atoms with E-state index in [9.17, 15) is 13.2 Å². The first-order chi connectivity index (χ1) is 6.89. The number of halogens is 3. The SMILES string of the molecule is Cc1cnnc(NCC(O)C(F)(F)F)c1. The highest BCUT2D eigenvalue weighted by molar-refractivity contribution is 5.35. The van der Waals surface area contributed by atoms with E-state index in [-0.39, 0.29) is 5.82 Å². The van der Waals surface area contributed by atoms with Crippen molar-refractivity contribution in [1.82, 2.24) is 10.2 Å². The van der Waals surface area contributed by atoms with Gasteiger partial charge in [-0.3, -0.25) is 0 Å². The summed E-state index contributed by atoms with van der Waals surface area (Å²) in [5.41, 5.74) is 0.772. The predicted octanol–water partition coefficient (Wildman–Crippen LogP) is 1.12. The Bertz CT molecular complexity index is 329. The summed E-state index contributed by atoms with van der Waals surface area (Å²) in [5.74, 6) is 0.207. The van der Waals surface area contributed by atoms with Gasteiger partial charge in [-0.2, -0.15) is 18.3 Å². The van der Waals surface area contributed by atoms with Crippen molar-refractivity contribution in [2.45, 2.75) is 19.2 Å². The minimum atomic E-state index is -4.62. The van der Waals surface area contributed by atoms with E-state index in [1.807, 2.05) is 0 Å². The van der Waals surface area contributed by atoms with Crippen molar-refractivity contribution in [3.05, 3.63) is 17.8 Å². The number of hydrogen-bond donors (Lipinski definition) is 2. The molecule has 1 aromatic rings. The molecule has 0 aliphatic rings. The second-order valence-electron chi connectivity index (χ2n) is 3.06. The van der Waals surface area contributed by atoms with E-state index in [0.717, 1.165) is 5.56 Å². The van der Waals surface area contributed by atoms with Crippen molar-refractivity contribution in [2.24, 2.45) is 0 Å². The highest BCUT2D eigenvalue weighted by Crippen LogP contribution is 2.20. The quantitative estimate of drug-likeness (QED) is 0.803. The third-order valence-corrected chi connectivity index (χ3v) is 1.65. The average Bonchev–Trinajstić information content (AvgIpc) is 2.12. The molecular formula is C8H10F3N3O. The van der Waals surface area contributed by atoms with E-state index in [1.54, 1.807) is 6.92 Å². The minimum absolute atomic E-state index is 0.207. The number of hydrogen-bond acceptors (Lipinski definition) is 4. The maximum atomic E-state index is 11.9. The number of alkyl halides is 3. The highest BCUT2D eigenvalue weighted by atomic mass is 19.4. The molecule has 0 radical (unpaired) electrons. The maximum absolute atomic E-state index is 11.9. The molecule has 4 nitrogen and oxygen atoms in total. The molecule has 0 saturated heterocycles. The van der Waals surface area contributed by atoms with Gasteiger partial charge in [0.05, 0.1) is 12.7 Å². The normalized spacial score (nSPS) is 13.7. The molecule has 0 aromatic carbocycles. The van der Waals surface area contributed by atoms with Crippen molar-refractivity contribution < 1.29 is 18.3 Å². The van der Waals surface area contributed by atoms with E-state index in [2.05, 4.69) is 15.5 Å². The Kier molecular flexibility index (Phi) is 3.46. The van der Waals surface area contributed by atoms with Crippen LogP contribution in [-0.2, 0) is 0 Å². The summed E-state index contributed by atoms with van der Waals surface area (Å²) in [7, 11) is 0. The fourth-order valence-electron chi connectivity index (χ4n) is 0.867. The van der Waals surface area contributed by atoms with Crippen molar-refractivity contribution in [3.8, 4) is 0 Å². The molecule has 1 atom stereocenters. The van der Waals surface area contributed by atoms with Gasteiger partial charge in [0, 0.05) is 0 Å². The van der Waals surface area contributed by atoms with Crippen LogP contribution in [0.4, 0.5) is 19.0 Å². The van der Waals surface area contributed by atoms with Crippen molar-refractivity contribution >= 4 is 5.82 Å². The molecule has 0 spiro atoms. The lowest BCUT2D eigenvalue weighted by atomic mass is 10.3. The van der Waals surface area contributed by atoms with Gasteiger partial charge in [0.2, 0.25) is 0 Å². The van der Waals surface area contributed by atoms with Crippen LogP contribution < -0.4 is 5.32 Å². The monoisotopic (exact) mass is 221 g/mol. The molecule has 0 amide bonds. The number of aliphatic hydroxyl groups is 1. The van der Waals surface area contributed by atoms with Crippen LogP contribution in [0.5, 0.6) is 0 Å². The number of aryl methyl sites for hydroxylation is 1. The number of aromatic nitrogens is 2. The second kappa shape index (κ2) is 4.43. The molecular weight excluding hydrogens is 211 g/mol. The first-order valence-electron chi connectivity index (χ1n) is 4.17. The van der Waals surface area contributed by atoms with Crippen LogP contribution in [0.15, 0.2) is 12.3 Å². The van der Waals surface area contributed by atoms with Crippen LogP contribution in [0.25, 0.3) is 0 Å². The van der Waals surface area contributed by atoms with Gasteiger partial charge in [-0.15, -0.1) is 5.10 Å². The Labute approximate surface area is 84.1 Å². The summed E-state index contributed by atoms with van der Waals surface area (Å²) in [5, 5.41) is 18.1. The molecule has 0 aliphatic carbocycles. The Hall–Kier alpha value is -1.37. The van der Waals surface area contributed by atoms with Gasteiger partial charge in [0.15, 0.2) is 6.10 Å². The zero-order valence-corrected chi connectivity index (χ0v) is 7.91. The summed E-state index contributed by atoms with van der Waals surface area (Å²) >= 11 is 0. The molecule has 0 fully saturated rings. The maximum Gasteiger partial charge on any atom is 0.416 e. The van der Waals surface area contributed by atoms with Crippen LogP contribution in [-0.4, -0.2) is 34.1 Å². The van der Waals surface area contributed by atoms with Crippen LogP contribution >= 0.6 is 0 Å². The summed E-state index contributed by atoms with van der Waals surface area (Å²) in [6.45, 7) is 1.10. The topological polar surface area (TPSA) is 58.0 Å². The zero-order chi connectivity index (χ0) is 11.5. The second-order valence-corrected chi connectivity index (χ2v) is 3.06. The average molecular weight is 221 g/mol. The first-order valence-corrected chi connectivity index (χ1v) is 4.17. The number of nitrogens with one attached hydrogen (secondary N) is 1. The summed E-state index contributed by atoms with van der Waals surface area (Å²) in [6, 6.07) is 1.54. The van der Waals surface area contributed by atoms with Gasteiger partial charge in [-0.25, -0.2) is 0 Å². The van der Waals surface area contributed by atoms with E-state index in [4.69, 9.17) is 5.11 Å². The van der Waals surface area contributed by atoms with Crippen molar-refractivity contribution in [3.63, 3.8) is 0 Å². The number of rotatable bonds is 3. The lowest BCUT2D eigenvalue weighted by molar-refractivity contribution is -0.198. The fraction of sp³-hybridized carbons (Fsp3) is 0.500. The van der Waals surface area contributed by atoms with Gasteiger partial charge >= 0.3 is 6.18 Å². The van der Waals surface area contributed by atoms with Crippen molar-refractivity contribution in [1.29, 1.82) is 0 Å². The molecule has 0 aliphatic heterocycles. The van der Waals surface area contributed by atoms with Crippen molar-refractivity contribution in [2.75, 3.05) is 11.9 Å². The predicted molar refractivity (Wildman–Crippen MR) is 47.3 cm³/mol. The van der Waals surface area contributed by atoms with Crippen LogP contribution in [0.1, 0.15) is 5.56 Å². The minimum Gasteiger partial charge on any atom is -0.382 e. The highest BCUT2D eigenvalue weighted by Gasteiger charge is 2.37. The van der Waals surface area contributed by atoms with Crippen LogP contribution in [0, 0.1) is 6.92 Å². The summed E-state index contributed by atoms with van der Waals surface area (Å²) < 4.78 is 35.7. The van der Waals surface area contributed by atoms with E-state index in [1.165, 1.54) is 12.3 Å². The lowest BCUT2D eigenvalue weighted by Gasteiger charge is -2.15. The van der Waals surface area contributed by atoms with E-state index in [0.29, 0.717) is 0 Å². The van der Waals surface area contributed by atoms with Crippen LogP contribution in [0.2, 0.25) is 0 Å². The van der Waals surface area contributed by atoms with Gasteiger partial charge in [0.1, 0.15) is 5.82 Å². The smallest absolute Gasteiger partial charge is 0.382 e. The van der Waals surface area contributed by atoms with E-state index >= 15 is 0 Å². The summed E-state index contributed by atoms with van der Waals surface area (Å²) in [4.78, 5) is 0. The molecule has 0 bridgehead atoms. The molecule has 84 valence electrons. The van der Waals surface area contributed by atoms with Gasteiger partial charge in [-0.1, -0.05) is 0 Å². The molecule has 1 aromatic heterocycles. The Morgan fingerprint density at radius 3 is 2.73 bits per heavy atom. The van der Waals surface area contributed by atoms with Crippen LogP contribution in [0.3, 0.4) is 0 Å². The standard InChI is InChI=1S/C8H10F3N3O/c1-5-2-7(14-13-3-5)12-4-6(15)8(9,10)11/h2-3,6,15H,4H2,1H3,(H,12,14). The zero-order valence-electron chi connectivity index (χ0n) is 7.91. The molecule has 0 saturated carbocycles. The van der Waals surface area contributed by atoms with Gasteiger partial charge < -0.3 is 10.4 Å². The first kappa shape index (κ1) is 11.7. The third-order valence-electron chi connectivity index (χ3n) is 1.65. The molecule has 1 unspecified atom stereocenters. The van der Waals surface area contributed by atoms with Gasteiger partial charge in [0.25, 0.3) is 0 Å². The largest absolute Gasteiger partial charge is 0.416 e. The fourth-order valence-corrected chi connectivity index (χ4v) is 0.867. The molecule has 1 heterocycles. The number of nitrogens with zero attached hydrogens (tertiary/aromatic N) is 2. The number of anilines is 1. The van der Waals surface area contributed by atoms with E-state index < -0.39 is 18.8 Å². The lowest BCUT2D eigenvalue weighted by Crippen LogP contribution is -2.35. The summed E-state index contributed by atoms with van der Waals surface area (Å²) in [6.07, 6.45) is -5.55. The molecule has 15 heavy (non-hydrogen) atoms. The van der Waals surface area contributed by atoms with Gasteiger partial charge in [-0.05, 0) is 18.6 Å².